The Kier molecular flexibility index (Phi) is 8.05. The Morgan fingerprint density at radius 1 is 1.00 bits per heavy atom. The number of para-hydroxylation sites is 1. The molecule has 0 radical (unpaired) electrons. The number of pyridine rings is 1. The summed E-state index contributed by atoms with van der Waals surface area (Å²) in [6, 6.07) is 20.2. The number of aromatic nitrogens is 1. The molecule has 1 heterocycles. The van der Waals surface area contributed by atoms with E-state index in [1.807, 2.05) is 48.5 Å². The highest BCUT2D eigenvalue weighted by Crippen LogP contribution is 2.28. The number of fused-ring (bicyclic) bond motifs is 1. The highest BCUT2D eigenvalue weighted by Gasteiger charge is 2.14. The highest BCUT2D eigenvalue weighted by molar-refractivity contribution is 5.86. The van der Waals surface area contributed by atoms with Gasteiger partial charge in [-0.3, -0.25) is 0 Å². The summed E-state index contributed by atoms with van der Waals surface area (Å²) in [6.07, 6.45) is 3.03. The highest BCUT2D eigenvalue weighted by atomic mass is 35.5. The molecule has 0 amide bonds. The lowest BCUT2D eigenvalue weighted by molar-refractivity contribution is 0.176. The van der Waals surface area contributed by atoms with Crippen LogP contribution in [-0.2, 0) is 0 Å². The Morgan fingerprint density at radius 3 is 2.50 bits per heavy atom. The molecule has 2 aromatic carbocycles. The zero-order chi connectivity index (χ0) is 17.5. The maximum atomic E-state index is 10.8. The van der Waals surface area contributed by atoms with Crippen LogP contribution in [0.25, 0.3) is 22.2 Å². The molecule has 1 atom stereocenters. The van der Waals surface area contributed by atoms with Gasteiger partial charge < -0.3 is 10.4 Å². The van der Waals surface area contributed by atoms with Gasteiger partial charge in [0.2, 0.25) is 0 Å². The molecule has 3 nitrogen and oxygen atoms in total. The van der Waals surface area contributed by atoms with Crippen LogP contribution in [-0.4, -0.2) is 23.2 Å². The zero-order valence-corrected chi connectivity index (χ0v) is 16.0. The summed E-state index contributed by atoms with van der Waals surface area (Å²) in [5.41, 5.74) is 3.83. The number of hydrogen-bond donors (Lipinski definition) is 2. The smallest absolute Gasteiger partial charge is 0.0921 e. The minimum Gasteiger partial charge on any atom is -0.387 e. The third kappa shape index (κ3) is 5.04. The van der Waals surface area contributed by atoms with Crippen LogP contribution >= 0.6 is 12.4 Å². The quantitative estimate of drug-likeness (QED) is 0.540. The summed E-state index contributed by atoms with van der Waals surface area (Å²) in [7, 11) is 0. The summed E-state index contributed by atoms with van der Waals surface area (Å²) >= 11 is 0. The van der Waals surface area contributed by atoms with Crippen molar-refractivity contribution in [2.24, 2.45) is 0 Å². The standard InChI is InChI=1S/C22H26N2O.ClH/c1-2-3-9-14-23-16-22(25)19-15-21(17-10-5-4-6-11-17)24-20-13-8-7-12-18(19)20;/h4-8,10-13,15,22-23,25H,2-3,9,14,16H2,1H3;1H. The average molecular weight is 371 g/mol. The van der Waals surface area contributed by atoms with E-state index in [0.29, 0.717) is 6.54 Å². The van der Waals surface area contributed by atoms with Crippen molar-refractivity contribution in [1.82, 2.24) is 10.3 Å². The third-order valence-corrected chi connectivity index (χ3v) is 4.47. The first-order chi connectivity index (χ1) is 12.3. The molecule has 2 N–H and O–H groups in total. The van der Waals surface area contributed by atoms with Crippen LogP contribution in [0.2, 0.25) is 0 Å². The minimum absolute atomic E-state index is 0. The molecule has 0 aliphatic heterocycles. The Balaban J connectivity index is 0.00000243. The van der Waals surface area contributed by atoms with Gasteiger partial charge in [0, 0.05) is 17.5 Å². The second-order valence-electron chi connectivity index (χ2n) is 6.41. The van der Waals surface area contributed by atoms with E-state index < -0.39 is 6.10 Å². The Morgan fingerprint density at radius 2 is 1.73 bits per heavy atom. The monoisotopic (exact) mass is 370 g/mol. The molecule has 0 bridgehead atoms. The van der Waals surface area contributed by atoms with E-state index in [0.717, 1.165) is 40.7 Å². The lowest BCUT2D eigenvalue weighted by Crippen LogP contribution is -2.22. The van der Waals surface area contributed by atoms with Crippen LogP contribution in [0.4, 0.5) is 0 Å². The summed E-state index contributed by atoms with van der Waals surface area (Å²) in [5, 5.41) is 15.1. The van der Waals surface area contributed by atoms with E-state index in [-0.39, 0.29) is 12.4 Å². The van der Waals surface area contributed by atoms with Gasteiger partial charge in [-0.1, -0.05) is 68.3 Å². The van der Waals surface area contributed by atoms with Gasteiger partial charge >= 0.3 is 0 Å². The Hall–Kier alpha value is -1.94. The van der Waals surface area contributed by atoms with Crippen molar-refractivity contribution in [3.8, 4) is 11.3 Å². The number of nitrogens with zero attached hydrogens (tertiary/aromatic N) is 1. The summed E-state index contributed by atoms with van der Waals surface area (Å²) in [6.45, 7) is 3.70. The van der Waals surface area contributed by atoms with Crippen molar-refractivity contribution in [2.75, 3.05) is 13.1 Å². The lowest BCUT2D eigenvalue weighted by Gasteiger charge is -2.16. The minimum atomic E-state index is -0.544. The van der Waals surface area contributed by atoms with E-state index in [9.17, 15) is 5.11 Å². The van der Waals surface area contributed by atoms with Crippen LogP contribution in [0.5, 0.6) is 0 Å². The van der Waals surface area contributed by atoms with E-state index in [2.05, 4.69) is 24.4 Å². The number of rotatable bonds is 8. The maximum Gasteiger partial charge on any atom is 0.0921 e. The largest absolute Gasteiger partial charge is 0.387 e. The van der Waals surface area contributed by atoms with Crippen molar-refractivity contribution >= 4 is 23.3 Å². The number of hydrogen-bond acceptors (Lipinski definition) is 3. The van der Waals surface area contributed by atoms with Crippen LogP contribution in [0, 0.1) is 0 Å². The van der Waals surface area contributed by atoms with E-state index in [1.165, 1.54) is 12.8 Å². The molecule has 0 aliphatic rings. The fourth-order valence-electron chi connectivity index (χ4n) is 3.08. The molecule has 3 rings (SSSR count). The fourth-order valence-corrected chi connectivity index (χ4v) is 3.08. The lowest BCUT2D eigenvalue weighted by atomic mass is 10.00. The van der Waals surface area contributed by atoms with E-state index in [4.69, 9.17) is 4.98 Å². The number of aliphatic hydroxyl groups excluding tert-OH is 1. The van der Waals surface area contributed by atoms with Crippen LogP contribution < -0.4 is 5.32 Å². The van der Waals surface area contributed by atoms with Gasteiger partial charge in [-0.25, -0.2) is 4.98 Å². The molecule has 26 heavy (non-hydrogen) atoms. The summed E-state index contributed by atoms with van der Waals surface area (Å²) in [4.78, 5) is 4.78. The van der Waals surface area contributed by atoms with Crippen molar-refractivity contribution in [1.29, 1.82) is 0 Å². The van der Waals surface area contributed by atoms with Gasteiger partial charge in [0.1, 0.15) is 0 Å². The van der Waals surface area contributed by atoms with Crippen molar-refractivity contribution < 1.29 is 5.11 Å². The predicted octanol–water partition coefficient (Wildman–Crippen LogP) is 5.14. The Labute approximate surface area is 161 Å². The first kappa shape index (κ1) is 20.4. The number of benzene rings is 2. The summed E-state index contributed by atoms with van der Waals surface area (Å²) in [5.74, 6) is 0. The molecule has 1 unspecified atom stereocenters. The van der Waals surface area contributed by atoms with E-state index in [1.54, 1.807) is 0 Å². The van der Waals surface area contributed by atoms with Crippen molar-refractivity contribution in [3.05, 3.63) is 66.2 Å². The van der Waals surface area contributed by atoms with E-state index >= 15 is 0 Å². The first-order valence-corrected chi connectivity index (χ1v) is 9.13. The molecule has 0 spiro atoms. The van der Waals surface area contributed by atoms with Gasteiger partial charge in [-0.05, 0) is 30.7 Å². The molecule has 0 fully saturated rings. The van der Waals surface area contributed by atoms with Gasteiger partial charge in [0.25, 0.3) is 0 Å². The molecule has 138 valence electrons. The zero-order valence-electron chi connectivity index (χ0n) is 15.2. The second-order valence-corrected chi connectivity index (χ2v) is 6.41. The number of aliphatic hydroxyl groups is 1. The van der Waals surface area contributed by atoms with Gasteiger partial charge in [-0.2, -0.15) is 0 Å². The third-order valence-electron chi connectivity index (χ3n) is 4.47. The maximum absolute atomic E-state index is 10.8. The molecule has 0 aliphatic carbocycles. The van der Waals surface area contributed by atoms with Crippen LogP contribution in [0.15, 0.2) is 60.7 Å². The average Bonchev–Trinajstić information content (AvgIpc) is 2.67. The fraction of sp³-hybridized carbons (Fsp3) is 0.318. The topological polar surface area (TPSA) is 45.1 Å². The number of nitrogens with one attached hydrogen (secondary N) is 1. The molecule has 0 saturated heterocycles. The predicted molar refractivity (Wildman–Crippen MR) is 112 cm³/mol. The number of halogens is 1. The molecule has 0 saturated carbocycles. The second kappa shape index (κ2) is 10.3. The molecular weight excluding hydrogens is 344 g/mol. The Bertz CT molecular complexity index is 808. The molecule has 3 aromatic rings. The van der Waals surface area contributed by atoms with Crippen LogP contribution in [0.3, 0.4) is 0 Å². The van der Waals surface area contributed by atoms with Crippen LogP contribution in [0.1, 0.15) is 37.9 Å². The normalized spacial score (nSPS) is 11.9. The van der Waals surface area contributed by atoms with Gasteiger partial charge in [0.15, 0.2) is 0 Å². The molecular formula is C22H27ClN2O. The molecule has 1 aromatic heterocycles. The van der Waals surface area contributed by atoms with Gasteiger partial charge in [0.05, 0.1) is 17.3 Å². The molecule has 4 heteroatoms. The van der Waals surface area contributed by atoms with Crippen molar-refractivity contribution in [2.45, 2.75) is 32.3 Å². The van der Waals surface area contributed by atoms with Gasteiger partial charge in [-0.15, -0.1) is 12.4 Å². The number of unbranched alkanes of at least 4 members (excludes halogenated alkanes) is 2. The first-order valence-electron chi connectivity index (χ1n) is 9.13. The summed E-state index contributed by atoms with van der Waals surface area (Å²) < 4.78 is 0. The SMILES string of the molecule is CCCCCNCC(O)c1cc(-c2ccccc2)nc2ccccc12.Cl. The van der Waals surface area contributed by atoms with Crippen molar-refractivity contribution in [3.63, 3.8) is 0 Å².